The van der Waals surface area contributed by atoms with E-state index in [1.807, 2.05) is 25.1 Å². The highest BCUT2D eigenvalue weighted by Gasteiger charge is 2.07. The Kier molecular flexibility index (Phi) is 5.86. The number of hydrogen-bond acceptors (Lipinski definition) is 4. The predicted octanol–water partition coefficient (Wildman–Crippen LogP) is 3.04. The molecule has 2 aromatic rings. The number of hydrogen-bond donors (Lipinski definition) is 1. The van der Waals surface area contributed by atoms with Gasteiger partial charge in [-0.2, -0.15) is 5.10 Å². The Balaban J connectivity index is 1.87. The van der Waals surface area contributed by atoms with Crippen LogP contribution in [0.3, 0.4) is 0 Å². The summed E-state index contributed by atoms with van der Waals surface area (Å²) in [4.78, 5) is 15.7. The van der Waals surface area contributed by atoms with Gasteiger partial charge in [-0.1, -0.05) is 32.0 Å². The van der Waals surface area contributed by atoms with Gasteiger partial charge in [-0.3, -0.25) is 9.78 Å². The second-order valence-corrected chi connectivity index (χ2v) is 5.55. The van der Waals surface area contributed by atoms with E-state index >= 15 is 0 Å². The molecule has 0 saturated carbocycles. The monoisotopic (exact) mass is 311 g/mol. The molecule has 1 N–H and O–H groups in total. The van der Waals surface area contributed by atoms with E-state index in [-0.39, 0.29) is 12.5 Å². The van der Waals surface area contributed by atoms with Gasteiger partial charge in [0.05, 0.1) is 6.21 Å². The summed E-state index contributed by atoms with van der Waals surface area (Å²) < 4.78 is 5.59. The fourth-order valence-corrected chi connectivity index (χ4v) is 1.94. The Labute approximate surface area is 136 Å². The molecule has 5 heteroatoms. The molecule has 23 heavy (non-hydrogen) atoms. The number of aromatic nitrogens is 1. The molecule has 120 valence electrons. The number of hydrazone groups is 1. The van der Waals surface area contributed by atoms with E-state index in [0.717, 1.165) is 16.9 Å². The number of carbonyl (C=O) groups is 1. The predicted molar refractivity (Wildman–Crippen MR) is 90.7 cm³/mol. The van der Waals surface area contributed by atoms with Crippen molar-refractivity contribution < 1.29 is 9.53 Å². The van der Waals surface area contributed by atoms with Crippen LogP contribution in [0, 0.1) is 6.92 Å². The number of rotatable bonds is 6. The van der Waals surface area contributed by atoms with Crippen molar-refractivity contribution in [3.63, 3.8) is 0 Å². The molecule has 0 atom stereocenters. The van der Waals surface area contributed by atoms with Gasteiger partial charge in [0.15, 0.2) is 6.61 Å². The van der Waals surface area contributed by atoms with Gasteiger partial charge in [0.25, 0.3) is 5.91 Å². The van der Waals surface area contributed by atoms with Gasteiger partial charge in [0, 0.05) is 18.0 Å². The Morgan fingerprint density at radius 3 is 2.91 bits per heavy atom. The van der Waals surface area contributed by atoms with E-state index < -0.39 is 0 Å². The number of benzene rings is 1. The highest BCUT2D eigenvalue weighted by atomic mass is 16.5. The molecule has 5 nitrogen and oxygen atoms in total. The van der Waals surface area contributed by atoms with Crippen LogP contribution in [0.1, 0.15) is 36.5 Å². The molecule has 1 heterocycles. The normalized spacial score (nSPS) is 11.0. The van der Waals surface area contributed by atoms with Crippen molar-refractivity contribution in [3.8, 4) is 5.75 Å². The zero-order chi connectivity index (χ0) is 16.7. The largest absolute Gasteiger partial charge is 0.483 e. The lowest BCUT2D eigenvalue weighted by atomic mass is 10.0. The average Bonchev–Trinajstić information content (AvgIpc) is 2.55. The quantitative estimate of drug-likeness (QED) is 0.659. The minimum absolute atomic E-state index is 0.0766. The number of pyridine rings is 1. The maximum absolute atomic E-state index is 11.8. The van der Waals surface area contributed by atoms with Gasteiger partial charge in [0.2, 0.25) is 0 Å². The van der Waals surface area contributed by atoms with Crippen LogP contribution in [0.25, 0.3) is 0 Å². The number of amides is 1. The molecule has 0 aliphatic carbocycles. The second kappa shape index (κ2) is 8.08. The molecule has 0 radical (unpaired) electrons. The lowest BCUT2D eigenvalue weighted by Crippen LogP contribution is -2.24. The van der Waals surface area contributed by atoms with E-state index in [2.05, 4.69) is 35.4 Å². The van der Waals surface area contributed by atoms with E-state index in [4.69, 9.17) is 4.74 Å². The molecular weight excluding hydrogens is 290 g/mol. The molecule has 1 amide bonds. The third-order valence-electron chi connectivity index (χ3n) is 3.32. The van der Waals surface area contributed by atoms with Gasteiger partial charge in [-0.25, -0.2) is 5.43 Å². The van der Waals surface area contributed by atoms with Crippen molar-refractivity contribution in [2.45, 2.75) is 26.7 Å². The molecule has 1 aromatic carbocycles. The lowest BCUT2D eigenvalue weighted by molar-refractivity contribution is -0.123. The minimum atomic E-state index is -0.306. The van der Waals surface area contributed by atoms with Crippen LogP contribution in [0.15, 0.2) is 47.8 Å². The van der Waals surface area contributed by atoms with Crippen LogP contribution >= 0.6 is 0 Å². The molecular formula is C18H21N3O2. The summed E-state index contributed by atoms with van der Waals surface area (Å²) in [5, 5.41) is 3.88. The van der Waals surface area contributed by atoms with Gasteiger partial charge < -0.3 is 4.74 Å². The highest BCUT2D eigenvalue weighted by Crippen LogP contribution is 2.24. The summed E-state index contributed by atoms with van der Waals surface area (Å²) in [5.74, 6) is 0.831. The molecule has 0 fully saturated rings. The molecule has 1 aromatic heterocycles. The summed E-state index contributed by atoms with van der Waals surface area (Å²) in [7, 11) is 0. The zero-order valence-electron chi connectivity index (χ0n) is 13.6. The van der Waals surface area contributed by atoms with Gasteiger partial charge in [-0.05, 0) is 36.1 Å². The third-order valence-corrected chi connectivity index (χ3v) is 3.32. The van der Waals surface area contributed by atoms with Crippen LogP contribution in [-0.2, 0) is 4.79 Å². The summed E-state index contributed by atoms with van der Waals surface area (Å²) in [5.41, 5.74) is 5.43. The van der Waals surface area contributed by atoms with Crippen molar-refractivity contribution >= 4 is 12.1 Å². The molecule has 0 bridgehead atoms. The summed E-state index contributed by atoms with van der Waals surface area (Å²) in [6.45, 7) is 6.12. The van der Waals surface area contributed by atoms with E-state index in [1.165, 1.54) is 11.8 Å². The first-order valence-corrected chi connectivity index (χ1v) is 7.51. The topological polar surface area (TPSA) is 63.6 Å². The van der Waals surface area contributed by atoms with Crippen LogP contribution in [0.4, 0.5) is 0 Å². The highest BCUT2D eigenvalue weighted by molar-refractivity contribution is 5.82. The summed E-state index contributed by atoms with van der Waals surface area (Å²) in [6, 6.07) is 9.71. The molecule has 2 rings (SSSR count). The lowest BCUT2D eigenvalue weighted by Gasteiger charge is -2.12. The van der Waals surface area contributed by atoms with E-state index in [9.17, 15) is 4.79 Å². The van der Waals surface area contributed by atoms with E-state index in [1.54, 1.807) is 18.5 Å². The molecule has 0 aliphatic heterocycles. The number of nitrogens with one attached hydrogen (secondary N) is 1. The van der Waals surface area contributed by atoms with Crippen molar-refractivity contribution in [3.05, 3.63) is 59.4 Å². The first-order valence-electron chi connectivity index (χ1n) is 7.51. The Bertz CT molecular complexity index is 682. The Morgan fingerprint density at radius 1 is 1.39 bits per heavy atom. The van der Waals surface area contributed by atoms with Crippen LogP contribution in [0.5, 0.6) is 5.75 Å². The van der Waals surface area contributed by atoms with Crippen molar-refractivity contribution in [1.82, 2.24) is 10.4 Å². The van der Waals surface area contributed by atoms with Crippen LogP contribution in [0.2, 0.25) is 0 Å². The van der Waals surface area contributed by atoms with Crippen LogP contribution in [-0.4, -0.2) is 23.7 Å². The number of carbonyl (C=O) groups excluding carboxylic acids is 1. The SMILES string of the molecule is Cc1ccc(C(C)C)cc1OCC(=O)N/N=C\c1cccnc1. The van der Waals surface area contributed by atoms with Crippen LogP contribution < -0.4 is 10.2 Å². The maximum Gasteiger partial charge on any atom is 0.277 e. The molecule has 0 unspecified atom stereocenters. The van der Waals surface area contributed by atoms with Crippen molar-refractivity contribution in [2.75, 3.05) is 6.61 Å². The zero-order valence-corrected chi connectivity index (χ0v) is 13.6. The smallest absolute Gasteiger partial charge is 0.277 e. The first kappa shape index (κ1) is 16.7. The first-order chi connectivity index (χ1) is 11.1. The van der Waals surface area contributed by atoms with Crippen molar-refractivity contribution in [1.29, 1.82) is 0 Å². The summed E-state index contributed by atoms with van der Waals surface area (Å²) >= 11 is 0. The second-order valence-electron chi connectivity index (χ2n) is 5.55. The minimum Gasteiger partial charge on any atom is -0.483 e. The van der Waals surface area contributed by atoms with E-state index in [0.29, 0.717) is 5.92 Å². The maximum atomic E-state index is 11.8. The Morgan fingerprint density at radius 2 is 2.22 bits per heavy atom. The number of aryl methyl sites for hydroxylation is 1. The molecule has 0 saturated heterocycles. The fraction of sp³-hybridized carbons (Fsp3) is 0.278. The Hall–Kier alpha value is -2.69. The number of ether oxygens (including phenoxy) is 1. The molecule has 0 spiro atoms. The fourth-order valence-electron chi connectivity index (χ4n) is 1.94. The third kappa shape index (κ3) is 5.21. The average molecular weight is 311 g/mol. The van der Waals surface area contributed by atoms with Gasteiger partial charge in [0.1, 0.15) is 5.75 Å². The van der Waals surface area contributed by atoms with Gasteiger partial charge >= 0.3 is 0 Å². The standard InChI is InChI=1S/C18H21N3O2/c1-13(2)16-7-6-14(3)17(9-16)23-12-18(22)21-20-11-15-5-4-8-19-10-15/h4-11,13H,12H2,1-3H3,(H,21,22)/b20-11-. The van der Waals surface area contributed by atoms with Crippen molar-refractivity contribution in [2.24, 2.45) is 5.10 Å². The molecule has 0 aliphatic rings. The number of nitrogens with zero attached hydrogens (tertiary/aromatic N) is 2. The summed E-state index contributed by atoms with van der Waals surface area (Å²) in [6.07, 6.45) is 4.87. The van der Waals surface area contributed by atoms with Gasteiger partial charge in [-0.15, -0.1) is 0 Å².